The minimum absolute atomic E-state index is 0.869. The largest absolute Gasteiger partial charge is 0.497 e. The molecule has 0 unspecified atom stereocenters. The number of rotatable bonds is 3. The Labute approximate surface area is 108 Å². The minimum atomic E-state index is 0.869. The summed E-state index contributed by atoms with van der Waals surface area (Å²) >= 11 is 0. The van der Waals surface area contributed by atoms with Crippen molar-refractivity contribution >= 4 is 11.6 Å². The second kappa shape index (κ2) is 5.90. The van der Waals surface area contributed by atoms with Crippen molar-refractivity contribution in [2.45, 2.75) is 6.92 Å². The van der Waals surface area contributed by atoms with E-state index in [1.54, 1.807) is 7.11 Å². The third kappa shape index (κ3) is 3.13. The third-order valence-corrected chi connectivity index (χ3v) is 2.76. The lowest BCUT2D eigenvalue weighted by atomic mass is 10.1. The Balaban J connectivity index is 2.30. The molecule has 0 N–H and O–H groups in total. The van der Waals surface area contributed by atoms with Gasteiger partial charge >= 0.3 is 0 Å². The summed E-state index contributed by atoms with van der Waals surface area (Å²) < 4.78 is 5.22. The zero-order valence-corrected chi connectivity index (χ0v) is 10.7. The number of ether oxygens (including phenoxy) is 1. The summed E-state index contributed by atoms with van der Waals surface area (Å²) in [5.74, 6) is 0.869. The van der Waals surface area contributed by atoms with Gasteiger partial charge in [-0.25, -0.2) is 0 Å². The monoisotopic (exact) mass is 236 g/mol. The van der Waals surface area contributed by atoms with Crippen LogP contribution in [0.2, 0.25) is 0 Å². The maximum Gasteiger partial charge on any atom is 0.119 e. The molecule has 1 heteroatoms. The topological polar surface area (TPSA) is 9.23 Å². The van der Waals surface area contributed by atoms with Crippen LogP contribution >= 0.6 is 0 Å². The molecular formula is C17H16O. The first-order valence-corrected chi connectivity index (χ1v) is 5.92. The molecule has 0 aliphatic carbocycles. The second-order valence-corrected chi connectivity index (χ2v) is 4.06. The summed E-state index contributed by atoms with van der Waals surface area (Å²) in [4.78, 5) is 0. The van der Waals surface area contributed by atoms with Crippen LogP contribution in [-0.2, 0) is 0 Å². The van der Waals surface area contributed by atoms with Gasteiger partial charge in [-0.15, -0.1) is 5.73 Å². The van der Waals surface area contributed by atoms with Crippen molar-refractivity contribution in [1.29, 1.82) is 0 Å². The molecule has 0 saturated carbocycles. The molecule has 2 aromatic carbocycles. The summed E-state index contributed by atoms with van der Waals surface area (Å²) in [5.41, 5.74) is 6.68. The van der Waals surface area contributed by atoms with Crippen LogP contribution < -0.4 is 4.74 Å². The molecule has 0 radical (unpaired) electrons. The van der Waals surface area contributed by atoms with Crippen LogP contribution in [-0.4, -0.2) is 7.11 Å². The highest BCUT2D eigenvalue weighted by Crippen LogP contribution is 2.19. The van der Waals surface area contributed by atoms with Crippen LogP contribution in [0.4, 0.5) is 0 Å². The van der Waals surface area contributed by atoms with E-state index in [1.807, 2.05) is 49.4 Å². The van der Waals surface area contributed by atoms with Gasteiger partial charge in [0.2, 0.25) is 0 Å². The molecule has 2 rings (SSSR count). The van der Waals surface area contributed by atoms with Gasteiger partial charge in [-0.2, -0.15) is 0 Å². The van der Waals surface area contributed by atoms with E-state index in [1.165, 1.54) is 0 Å². The Bertz CT molecular complexity index is 576. The quantitative estimate of drug-likeness (QED) is 0.717. The molecule has 1 nitrogen and oxygen atoms in total. The van der Waals surface area contributed by atoms with Gasteiger partial charge in [-0.3, -0.25) is 0 Å². The van der Waals surface area contributed by atoms with E-state index in [9.17, 15) is 0 Å². The van der Waals surface area contributed by atoms with Gasteiger partial charge < -0.3 is 4.74 Å². The lowest BCUT2D eigenvalue weighted by Gasteiger charge is -2.02. The molecule has 90 valence electrons. The Morgan fingerprint density at radius 3 is 2.56 bits per heavy atom. The fraction of sp³-hybridized carbons (Fsp3) is 0.118. The lowest BCUT2D eigenvalue weighted by molar-refractivity contribution is 0.414. The molecule has 0 aromatic heterocycles. The molecule has 0 aliphatic rings. The SMILES string of the molecule is COc1cccc(C(C)=C=Cc2ccccc2)c1. The predicted octanol–water partition coefficient (Wildman–Crippen LogP) is 4.41. The van der Waals surface area contributed by atoms with Crippen LogP contribution in [0.25, 0.3) is 11.6 Å². The summed E-state index contributed by atoms with van der Waals surface area (Å²) in [6.45, 7) is 2.05. The van der Waals surface area contributed by atoms with E-state index in [0.717, 1.165) is 22.4 Å². The van der Waals surface area contributed by atoms with E-state index in [-0.39, 0.29) is 0 Å². The van der Waals surface area contributed by atoms with Gasteiger partial charge in [0.1, 0.15) is 5.75 Å². The minimum Gasteiger partial charge on any atom is -0.497 e. The van der Waals surface area contributed by atoms with Crippen molar-refractivity contribution in [3.8, 4) is 5.75 Å². The Hall–Kier alpha value is -2.24. The first kappa shape index (κ1) is 12.2. The van der Waals surface area contributed by atoms with Gasteiger partial charge in [-0.05, 0) is 41.8 Å². The molecule has 0 saturated heterocycles. The molecular weight excluding hydrogens is 220 g/mol. The van der Waals surface area contributed by atoms with Crippen molar-refractivity contribution in [1.82, 2.24) is 0 Å². The maximum atomic E-state index is 5.22. The van der Waals surface area contributed by atoms with Crippen molar-refractivity contribution in [2.75, 3.05) is 7.11 Å². The number of hydrogen-bond acceptors (Lipinski definition) is 1. The smallest absolute Gasteiger partial charge is 0.119 e. The van der Waals surface area contributed by atoms with Crippen molar-refractivity contribution in [2.24, 2.45) is 0 Å². The molecule has 0 heterocycles. The Morgan fingerprint density at radius 1 is 1.06 bits per heavy atom. The average molecular weight is 236 g/mol. The molecule has 0 amide bonds. The second-order valence-electron chi connectivity index (χ2n) is 4.06. The Kier molecular flexibility index (Phi) is 4.01. The van der Waals surface area contributed by atoms with Gasteiger partial charge in [-0.1, -0.05) is 42.5 Å². The molecule has 0 atom stereocenters. The number of hydrogen-bond donors (Lipinski definition) is 0. The zero-order chi connectivity index (χ0) is 12.8. The fourth-order valence-electron chi connectivity index (χ4n) is 1.68. The maximum absolute atomic E-state index is 5.22. The van der Waals surface area contributed by atoms with Gasteiger partial charge in [0, 0.05) is 0 Å². The van der Waals surface area contributed by atoms with Crippen molar-refractivity contribution in [3.63, 3.8) is 0 Å². The van der Waals surface area contributed by atoms with Crippen molar-refractivity contribution < 1.29 is 4.74 Å². The van der Waals surface area contributed by atoms with Crippen LogP contribution in [0.1, 0.15) is 18.1 Å². The van der Waals surface area contributed by atoms with Crippen molar-refractivity contribution in [3.05, 3.63) is 71.5 Å². The summed E-state index contributed by atoms with van der Waals surface area (Å²) in [6, 6.07) is 18.2. The highest BCUT2D eigenvalue weighted by atomic mass is 16.5. The molecule has 0 aliphatic heterocycles. The predicted molar refractivity (Wildman–Crippen MR) is 76.5 cm³/mol. The van der Waals surface area contributed by atoms with E-state index >= 15 is 0 Å². The van der Waals surface area contributed by atoms with E-state index < -0.39 is 0 Å². The van der Waals surface area contributed by atoms with Gasteiger partial charge in [0.15, 0.2) is 0 Å². The van der Waals surface area contributed by atoms with Gasteiger partial charge in [0.25, 0.3) is 0 Å². The van der Waals surface area contributed by atoms with E-state index in [2.05, 4.69) is 23.9 Å². The highest BCUT2D eigenvalue weighted by molar-refractivity contribution is 5.68. The number of methoxy groups -OCH3 is 1. The van der Waals surface area contributed by atoms with E-state index in [0.29, 0.717) is 0 Å². The Morgan fingerprint density at radius 2 is 1.83 bits per heavy atom. The van der Waals surface area contributed by atoms with E-state index in [4.69, 9.17) is 4.74 Å². The average Bonchev–Trinajstić information content (AvgIpc) is 2.46. The normalized spacial score (nSPS) is 9.44. The fourth-order valence-corrected chi connectivity index (χ4v) is 1.68. The molecule has 0 fully saturated rings. The molecule has 2 aromatic rings. The van der Waals surface area contributed by atoms with Gasteiger partial charge in [0.05, 0.1) is 7.11 Å². The molecule has 0 spiro atoms. The van der Waals surface area contributed by atoms with Crippen LogP contribution in [0.5, 0.6) is 5.75 Å². The lowest BCUT2D eigenvalue weighted by Crippen LogP contribution is -1.84. The third-order valence-electron chi connectivity index (χ3n) is 2.76. The molecule has 0 bridgehead atoms. The van der Waals surface area contributed by atoms with Crippen LogP contribution in [0, 0.1) is 0 Å². The number of allylic oxidation sites excluding steroid dienone is 1. The standard InChI is InChI=1S/C17H16O/c1-14(11-12-15-7-4-3-5-8-15)16-9-6-10-17(13-16)18-2/h3-10,12-13H,1-2H3. The first-order valence-electron chi connectivity index (χ1n) is 5.92. The van der Waals surface area contributed by atoms with Crippen LogP contribution in [0.3, 0.4) is 0 Å². The molecule has 18 heavy (non-hydrogen) atoms. The summed E-state index contributed by atoms with van der Waals surface area (Å²) in [6.07, 6.45) is 1.99. The first-order chi connectivity index (χ1) is 8.79. The summed E-state index contributed by atoms with van der Waals surface area (Å²) in [5, 5.41) is 0. The zero-order valence-electron chi connectivity index (χ0n) is 10.7. The summed E-state index contributed by atoms with van der Waals surface area (Å²) in [7, 11) is 1.68. The number of benzene rings is 2. The van der Waals surface area contributed by atoms with Crippen LogP contribution in [0.15, 0.2) is 60.3 Å². The highest BCUT2D eigenvalue weighted by Gasteiger charge is 1.96.